The van der Waals surface area contributed by atoms with Crippen LogP contribution in [0.4, 0.5) is 0 Å². The summed E-state index contributed by atoms with van der Waals surface area (Å²) in [5.41, 5.74) is 0. The van der Waals surface area contributed by atoms with E-state index < -0.39 is 0 Å². The predicted molar refractivity (Wildman–Crippen MR) is 66.1 cm³/mol. The van der Waals surface area contributed by atoms with Gasteiger partial charge in [0.15, 0.2) is 5.01 Å². The summed E-state index contributed by atoms with van der Waals surface area (Å²) in [6.07, 6.45) is 4.02. The molecule has 1 aliphatic heterocycles. The highest BCUT2D eigenvalue weighted by Crippen LogP contribution is 2.15. The molecule has 1 aliphatic rings. The predicted octanol–water partition coefficient (Wildman–Crippen LogP) is 1.66. The fraction of sp³-hybridized carbons (Fsp3) is 0.556. The quantitative estimate of drug-likeness (QED) is 0.853. The Kier molecular flexibility index (Phi) is 3.92. The molecular formula is C9H11IN2O2S. The van der Waals surface area contributed by atoms with Gasteiger partial charge in [0.05, 0.1) is 15.2 Å². The molecule has 1 aromatic rings. The summed E-state index contributed by atoms with van der Waals surface area (Å²) in [6.45, 7) is 1.41. The summed E-state index contributed by atoms with van der Waals surface area (Å²) in [5.74, 6) is -0.0987. The van der Waals surface area contributed by atoms with Crippen LogP contribution in [0.3, 0.4) is 0 Å². The van der Waals surface area contributed by atoms with Crippen molar-refractivity contribution in [3.63, 3.8) is 0 Å². The van der Waals surface area contributed by atoms with E-state index in [-0.39, 0.29) is 12.0 Å². The summed E-state index contributed by atoms with van der Waals surface area (Å²) >= 11 is 3.55. The number of hydrogen-bond acceptors (Lipinski definition) is 4. The smallest absolute Gasteiger partial charge is 0.280 e. The largest absolute Gasteiger partial charge is 0.376 e. The van der Waals surface area contributed by atoms with Crippen molar-refractivity contribution in [2.75, 3.05) is 13.2 Å². The van der Waals surface area contributed by atoms with E-state index in [0.29, 0.717) is 11.6 Å². The van der Waals surface area contributed by atoms with Crippen molar-refractivity contribution in [1.29, 1.82) is 0 Å². The Bertz CT molecular complexity index is 350. The summed E-state index contributed by atoms with van der Waals surface area (Å²) < 4.78 is 6.43. The summed E-state index contributed by atoms with van der Waals surface area (Å²) in [7, 11) is 0. The van der Waals surface area contributed by atoms with Crippen LogP contribution in [0.25, 0.3) is 0 Å². The third-order valence-electron chi connectivity index (χ3n) is 2.19. The monoisotopic (exact) mass is 338 g/mol. The molecule has 0 aromatic carbocycles. The molecule has 0 radical (unpaired) electrons. The fourth-order valence-corrected chi connectivity index (χ4v) is 2.77. The zero-order chi connectivity index (χ0) is 10.7. The van der Waals surface area contributed by atoms with Gasteiger partial charge < -0.3 is 10.1 Å². The number of hydrogen-bond donors (Lipinski definition) is 1. The molecule has 0 aliphatic carbocycles. The van der Waals surface area contributed by atoms with Crippen molar-refractivity contribution in [2.24, 2.45) is 0 Å². The number of carbonyl (C=O) groups excluding carboxylic acids is 1. The van der Waals surface area contributed by atoms with E-state index in [1.165, 1.54) is 11.3 Å². The van der Waals surface area contributed by atoms with Crippen LogP contribution in [-0.4, -0.2) is 30.1 Å². The van der Waals surface area contributed by atoms with Crippen LogP contribution < -0.4 is 5.32 Å². The molecule has 1 amide bonds. The second-order valence-electron chi connectivity index (χ2n) is 3.31. The summed E-state index contributed by atoms with van der Waals surface area (Å²) in [6, 6.07) is 0. The molecule has 4 nitrogen and oxygen atoms in total. The zero-order valence-corrected chi connectivity index (χ0v) is 11.0. The van der Waals surface area contributed by atoms with Crippen molar-refractivity contribution in [3.05, 3.63) is 14.1 Å². The highest BCUT2D eigenvalue weighted by atomic mass is 127. The van der Waals surface area contributed by atoms with Crippen molar-refractivity contribution in [1.82, 2.24) is 10.3 Å². The summed E-state index contributed by atoms with van der Waals surface area (Å²) in [5, 5.41) is 3.36. The molecule has 2 heterocycles. The van der Waals surface area contributed by atoms with Crippen molar-refractivity contribution in [2.45, 2.75) is 18.9 Å². The number of carbonyl (C=O) groups is 1. The van der Waals surface area contributed by atoms with Crippen LogP contribution >= 0.6 is 33.9 Å². The van der Waals surface area contributed by atoms with E-state index in [2.05, 4.69) is 32.9 Å². The Labute approximate surface area is 106 Å². The molecule has 15 heavy (non-hydrogen) atoms. The van der Waals surface area contributed by atoms with E-state index in [9.17, 15) is 4.79 Å². The van der Waals surface area contributed by atoms with Crippen LogP contribution in [0.5, 0.6) is 0 Å². The van der Waals surface area contributed by atoms with Crippen LogP contribution in [0, 0.1) is 2.88 Å². The lowest BCUT2D eigenvalue weighted by Crippen LogP contribution is -2.31. The molecule has 1 atom stereocenters. The van der Waals surface area contributed by atoms with Gasteiger partial charge in [-0.15, -0.1) is 11.3 Å². The highest BCUT2D eigenvalue weighted by Gasteiger charge is 2.17. The first-order chi connectivity index (χ1) is 7.25. The van der Waals surface area contributed by atoms with Crippen molar-refractivity contribution < 1.29 is 9.53 Å². The first-order valence-electron chi connectivity index (χ1n) is 4.77. The lowest BCUT2D eigenvalue weighted by Gasteiger charge is -2.09. The number of thiazole rings is 1. The molecule has 0 spiro atoms. The minimum atomic E-state index is -0.0987. The first kappa shape index (κ1) is 11.3. The number of halogens is 1. The van der Waals surface area contributed by atoms with E-state index in [1.807, 2.05) is 0 Å². The third kappa shape index (κ3) is 3.12. The Morgan fingerprint density at radius 3 is 3.27 bits per heavy atom. The minimum Gasteiger partial charge on any atom is -0.376 e. The number of ether oxygens (including phenoxy) is 1. The molecule has 6 heteroatoms. The maximum absolute atomic E-state index is 11.6. The number of rotatable bonds is 3. The van der Waals surface area contributed by atoms with Gasteiger partial charge in [-0.05, 0) is 35.4 Å². The third-order valence-corrected chi connectivity index (χ3v) is 3.91. The highest BCUT2D eigenvalue weighted by molar-refractivity contribution is 14.1. The average molecular weight is 338 g/mol. The van der Waals surface area contributed by atoms with E-state index >= 15 is 0 Å². The second-order valence-corrected chi connectivity index (χ2v) is 6.24. The van der Waals surface area contributed by atoms with Crippen LogP contribution in [0.2, 0.25) is 0 Å². The van der Waals surface area contributed by atoms with Crippen LogP contribution in [0.15, 0.2) is 6.20 Å². The topological polar surface area (TPSA) is 51.2 Å². The maximum Gasteiger partial charge on any atom is 0.280 e. The van der Waals surface area contributed by atoms with Crippen LogP contribution in [-0.2, 0) is 4.74 Å². The molecule has 0 saturated carbocycles. The zero-order valence-electron chi connectivity index (χ0n) is 8.03. The number of aromatic nitrogens is 1. The normalized spacial score (nSPS) is 20.5. The van der Waals surface area contributed by atoms with Crippen LogP contribution in [0.1, 0.15) is 22.6 Å². The molecule has 2 rings (SSSR count). The van der Waals surface area contributed by atoms with Gasteiger partial charge in [-0.2, -0.15) is 0 Å². The molecular weight excluding hydrogens is 327 g/mol. The van der Waals surface area contributed by atoms with E-state index in [4.69, 9.17) is 4.74 Å². The molecule has 1 saturated heterocycles. The fourth-order valence-electron chi connectivity index (χ4n) is 1.45. The lowest BCUT2D eigenvalue weighted by molar-refractivity contribution is 0.0857. The Morgan fingerprint density at radius 2 is 2.67 bits per heavy atom. The van der Waals surface area contributed by atoms with Gasteiger partial charge in [-0.3, -0.25) is 4.79 Å². The van der Waals surface area contributed by atoms with Gasteiger partial charge in [0, 0.05) is 13.2 Å². The lowest BCUT2D eigenvalue weighted by atomic mass is 10.2. The van der Waals surface area contributed by atoms with Gasteiger partial charge >= 0.3 is 0 Å². The molecule has 1 fully saturated rings. The number of nitrogens with zero attached hydrogens (tertiary/aromatic N) is 1. The van der Waals surface area contributed by atoms with Gasteiger partial charge in [0.2, 0.25) is 0 Å². The van der Waals surface area contributed by atoms with Crippen molar-refractivity contribution in [3.8, 4) is 0 Å². The van der Waals surface area contributed by atoms with Gasteiger partial charge in [0.25, 0.3) is 5.91 Å². The Hall–Kier alpha value is -0.210. The van der Waals surface area contributed by atoms with Gasteiger partial charge in [0.1, 0.15) is 0 Å². The molecule has 0 bridgehead atoms. The van der Waals surface area contributed by atoms with E-state index in [0.717, 1.165) is 22.3 Å². The minimum absolute atomic E-state index is 0.0987. The Morgan fingerprint density at radius 1 is 1.80 bits per heavy atom. The first-order valence-corrected chi connectivity index (χ1v) is 6.66. The van der Waals surface area contributed by atoms with Gasteiger partial charge in [-0.25, -0.2) is 4.98 Å². The maximum atomic E-state index is 11.6. The SMILES string of the molecule is O=C(NCC1CCCO1)c1ncc(I)s1. The van der Waals surface area contributed by atoms with E-state index in [1.54, 1.807) is 6.20 Å². The number of nitrogens with one attached hydrogen (secondary N) is 1. The van der Waals surface area contributed by atoms with Crippen molar-refractivity contribution >= 4 is 39.8 Å². The average Bonchev–Trinajstić information content (AvgIpc) is 2.84. The molecule has 1 unspecified atom stereocenters. The number of amides is 1. The molecule has 82 valence electrons. The summed E-state index contributed by atoms with van der Waals surface area (Å²) in [4.78, 5) is 15.6. The second kappa shape index (κ2) is 5.22. The van der Waals surface area contributed by atoms with Gasteiger partial charge in [-0.1, -0.05) is 0 Å². The molecule has 1 N–H and O–H groups in total. The Balaban J connectivity index is 1.81. The standard InChI is InChI=1S/C9H11IN2O2S/c10-7-5-12-9(15-7)8(13)11-4-6-2-1-3-14-6/h5-6H,1-4H2,(H,11,13). The molecule has 1 aromatic heterocycles.